The number of carbonyl (C=O) groups is 2. The summed E-state index contributed by atoms with van der Waals surface area (Å²) in [4.78, 5) is 24.7. The van der Waals surface area contributed by atoms with Gasteiger partial charge in [-0.15, -0.1) is 0 Å². The normalized spacial score (nSPS) is 18.8. The van der Waals surface area contributed by atoms with Crippen LogP contribution >= 0.6 is 0 Å². The number of hydrogen-bond donors (Lipinski definition) is 2. The second kappa shape index (κ2) is 16.7. The van der Waals surface area contributed by atoms with Crippen molar-refractivity contribution >= 4 is 17.6 Å². The van der Waals surface area contributed by atoms with E-state index in [1.807, 2.05) is 52.0 Å². The number of benzene rings is 2. The molecule has 0 heterocycles. The highest BCUT2D eigenvalue weighted by Gasteiger charge is 2.31. The third kappa shape index (κ3) is 12.2. The predicted molar refractivity (Wildman–Crippen MR) is 172 cm³/mol. The van der Waals surface area contributed by atoms with Crippen LogP contribution in [-0.4, -0.2) is 48.4 Å². The maximum Gasteiger partial charge on any atom is 0.158 e. The van der Waals surface area contributed by atoms with Crippen LogP contribution in [0.4, 0.5) is 4.39 Å². The van der Waals surface area contributed by atoms with Crippen molar-refractivity contribution in [2.24, 2.45) is 11.8 Å². The molecule has 3 rings (SSSR count). The summed E-state index contributed by atoms with van der Waals surface area (Å²) in [6.45, 7) is 14.6. The van der Waals surface area contributed by atoms with E-state index in [0.717, 1.165) is 37.0 Å². The third-order valence-electron chi connectivity index (χ3n) is 7.84. The highest BCUT2D eigenvalue weighted by atomic mass is 19.1. The standard InChI is InChI=1S/C36H51FN2O4/c1-23(2)35(40)15-12-29-16-30(37)19-33(17-29)42-27(7)22-38-26(6)9-8-25(5)36(41)18-28-10-13-32(14-11-28)43-34-20-31(21-34)39-24(3)4/h10-17,19,23-27,31,34,38-39H,8-9,18,20-22H2,1-7H3/b15-12+/t25?,26?,27?,31-,34+. The van der Waals surface area contributed by atoms with Gasteiger partial charge in [0.05, 0.1) is 0 Å². The number of hydrogen-bond acceptors (Lipinski definition) is 6. The Morgan fingerprint density at radius 3 is 2.30 bits per heavy atom. The summed E-state index contributed by atoms with van der Waals surface area (Å²) >= 11 is 0. The van der Waals surface area contributed by atoms with Crippen LogP contribution in [-0.2, 0) is 16.0 Å². The van der Waals surface area contributed by atoms with Gasteiger partial charge in [-0.2, -0.15) is 0 Å². The van der Waals surface area contributed by atoms with Gasteiger partial charge in [0.15, 0.2) is 5.78 Å². The van der Waals surface area contributed by atoms with E-state index in [2.05, 4.69) is 31.4 Å². The van der Waals surface area contributed by atoms with E-state index in [9.17, 15) is 14.0 Å². The topological polar surface area (TPSA) is 76.7 Å². The Morgan fingerprint density at radius 2 is 1.65 bits per heavy atom. The van der Waals surface area contributed by atoms with E-state index >= 15 is 0 Å². The fraction of sp³-hybridized carbons (Fsp3) is 0.556. The molecule has 2 aromatic carbocycles. The fourth-order valence-electron chi connectivity index (χ4n) is 5.05. The number of ether oxygens (including phenoxy) is 2. The first-order chi connectivity index (χ1) is 20.4. The van der Waals surface area contributed by atoms with Gasteiger partial charge in [-0.05, 0) is 81.0 Å². The zero-order chi connectivity index (χ0) is 31.5. The maximum absolute atomic E-state index is 14.1. The fourth-order valence-corrected chi connectivity index (χ4v) is 5.05. The molecule has 1 aliphatic rings. The van der Waals surface area contributed by atoms with Crippen molar-refractivity contribution in [2.45, 2.75) is 111 Å². The molecule has 236 valence electrons. The zero-order valence-electron chi connectivity index (χ0n) is 27.0. The Kier molecular flexibility index (Phi) is 13.4. The summed E-state index contributed by atoms with van der Waals surface area (Å²) in [6.07, 6.45) is 7.31. The van der Waals surface area contributed by atoms with E-state index in [-0.39, 0.29) is 41.7 Å². The van der Waals surface area contributed by atoms with Crippen molar-refractivity contribution in [1.82, 2.24) is 10.6 Å². The first-order valence-electron chi connectivity index (χ1n) is 15.8. The van der Waals surface area contributed by atoms with Gasteiger partial charge in [-0.3, -0.25) is 9.59 Å². The highest BCUT2D eigenvalue weighted by Crippen LogP contribution is 2.27. The van der Waals surface area contributed by atoms with Crippen LogP contribution < -0.4 is 20.1 Å². The second-order valence-electron chi connectivity index (χ2n) is 12.8. The monoisotopic (exact) mass is 594 g/mol. The molecular weight excluding hydrogens is 543 g/mol. The van der Waals surface area contributed by atoms with Crippen molar-refractivity contribution in [3.63, 3.8) is 0 Å². The summed E-state index contributed by atoms with van der Waals surface area (Å²) in [6, 6.07) is 13.6. The summed E-state index contributed by atoms with van der Waals surface area (Å²) in [7, 11) is 0. The molecule has 0 bridgehead atoms. The van der Waals surface area contributed by atoms with Crippen LogP contribution in [0.15, 0.2) is 48.5 Å². The minimum atomic E-state index is -0.410. The Hall–Kier alpha value is -3.03. The van der Waals surface area contributed by atoms with Gasteiger partial charge in [-0.25, -0.2) is 4.39 Å². The van der Waals surface area contributed by atoms with E-state index < -0.39 is 5.82 Å². The maximum atomic E-state index is 14.1. The van der Waals surface area contributed by atoms with Gasteiger partial charge < -0.3 is 20.1 Å². The molecule has 0 saturated heterocycles. The molecule has 1 fully saturated rings. The molecule has 1 saturated carbocycles. The molecule has 0 radical (unpaired) electrons. The number of ketones is 2. The minimum Gasteiger partial charge on any atom is -0.490 e. The van der Waals surface area contributed by atoms with Crippen LogP contribution in [0.1, 0.15) is 85.3 Å². The van der Waals surface area contributed by atoms with E-state index in [1.54, 1.807) is 12.1 Å². The number of nitrogens with one attached hydrogen (secondary N) is 2. The minimum absolute atomic E-state index is 0.00839. The largest absolute Gasteiger partial charge is 0.490 e. The molecule has 0 spiro atoms. The van der Waals surface area contributed by atoms with Gasteiger partial charge in [0.25, 0.3) is 0 Å². The van der Waals surface area contributed by atoms with Gasteiger partial charge >= 0.3 is 0 Å². The molecule has 7 heteroatoms. The molecule has 0 aromatic heterocycles. The average Bonchev–Trinajstić information content (AvgIpc) is 2.92. The van der Waals surface area contributed by atoms with Gasteiger partial charge in [0, 0.05) is 49.0 Å². The first kappa shape index (κ1) is 34.5. The van der Waals surface area contributed by atoms with Crippen LogP contribution in [0.2, 0.25) is 0 Å². The summed E-state index contributed by atoms with van der Waals surface area (Å²) in [5, 5.41) is 7.00. The predicted octanol–water partition coefficient (Wildman–Crippen LogP) is 6.95. The molecule has 2 aromatic rings. The van der Waals surface area contributed by atoms with Crippen LogP contribution in [0, 0.1) is 17.7 Å². The van der Waals surface area contributed by atoms with Crippen molar-refractivity contribution in [1.29, 1.82) is 0 Å². The smallest absolute Gasteiger partial charge is 0.158 e. The van der Waals surface area contributed by atoms with Crippen molar-refractivity contribution in [3.8, 4) is 11.5 Å². The Labute approximate surface area is 257 Å². The van der Waals surface area contributed by atoms with Gasteiger partial charge in [0.1, 0.15) is 35.3 Å². The Morgan fingerprint density at radius 1 is 0.953 bits per heavy atom. The molecule has 1 aliphatic carbocycles. The lowest BCUT2D eigenvalue weighted by Crippen LogP contribution is -2.49. The van der Waals surface area contributed by atoms with Crippen molar-refractivity contribution in [3.05, 3.63) is 65.5 Å². The van der Waals surface area contributed by atoms with Crippen LogP contribution in [0.25, 0.3) is 6.08 Å². The molecule has 0 aliphatic heterocycles. The van der Waals surface area contributed by atoms with Crippen LogP contribution in [0.3, 0.4) is 0 Å². The SMILES string of the molecule is CC(CCC(C)C(=O)Cc1ccc(O[C@H]2C[C@@H](NC(C)C)C2)cc1)NCC(C)Oc1cc(F)cc(/C=C/C(=O)C(C)C)c1. The molecular formula is C36H51FN2O4. The van der Waals surface area contributed by atoms with Gasteiger partial charge in [-0.1, -0.05) is 52.8 Å². The number of allylic oxidation sites excluding steroid dienone is 1. The zero-order valence-corrected chi connectivity index (χ0v) is 27.0. The third-order valence-corrected chi connectivity index (χ3v) is 7.84. The van der Waals surface area contributed by atoms with Gasteiger partial charge in [0.2, 0.25) is 0 Å². The first-order valence-corrected chi connectivity index (χ1v) is 15.8. The summed E-state index contributed by atoms with van der Waals surface area (Å²) in [5.41, 5.74) is 1.60. The van der Waals surface area contributed by atoms with Crippen molar-refractivity contribution in [2.75, 3.05) is 6.54 Å². The number of halogens is 1. The quantitative estimate of drug-likeness (QED) is 0.182. The van der Waals surface area contributed by atoms with Crippen LogP contribution in [0.5, 0.6) is 11.5 Å². The lowest BCUT2D eigenvalue weighted by atomic mass is 9.88. The lowest BCUT2D eigenvalue weighted by Gasteiger charge is -2.37. The highest BCUT2D eigenvalue weighted by molar-refractivity contribution is 5.94. The number of rotatable bonds is 18. The van der Waals surface area contributed by atoms with E-state index in [1.165, 1.54) is 18.2 Å². The lowest BCUT2D eigenvalue weighted by molar-refractivity contribution is -0.122. The van der Waals surface area contributed by atoms with E-state index in [4.69, 9.17) is 9.47 Å². The Balaban J connectivity index is 1.35. The van der Waals surface area contributed by atoms with Crippen molar-refractivity contribution < 1.29 is 23.5 Å². The average molecular weight is 595 g/mol. The molecule has 6 nitrogen and oxygen atoms in total. The summed E-state index contributed by atoms with van der Waals surface area (Å²) < 4.78 is 26.1. The molecule has 2 N–H and O–H groups in total. The number of Topliss-reactive ketones (excluding diaryl/α,β-unsaturated/α-hetero) is 1. The summed E-state index contributed by atoms with van der Waals surface area (Å²) in [5.74, 6) is 0.973. The number of carbonyl (C=O) groups excluding carboxylic acids is 2. The second-order valence-corrected chi connectivity index (χ2v) is 12.8. The van der Waals surface area contributed by atoms with E-state index in [0.29, 0.717) is 36.4 Å². The molecule has 3 unspecified atom stereocenters. The molecule has 43 heavy (non-hydrogen) atoms. The molecule has 0 amide bonds. The Bertz CT molecular complexity index is 1200. The molecule has 3 atom stereocenters.